The van der Waals surface area contributed by atoms with Gasteiger partial charge in [-0.3, -0.25) is 0 Å². The molecule has 0 aliphatic carbocycles. The highest BCUT2D eigenvalue weighted by atomic mass is 16.5. The summed E-state index contributed by atoms with van der Waals surface area (Å²) in [7, 11) is 1.62. The van der Waals surface area contributed by atoms with E-state index in [2.05, 4.69) is 16.9 Å². The molecule has 2 aromatic rings. The molecule has 4 nitrogen and oxygen atoms in total. The van der Waals surface area contributed by atoms with Crippen LogP contribution in [0.25, 0.3) is 5.65 Å². The highest BCUT2D eigenvalue weighted by Gasteiger charge is 2.07. The summed E-state index contributed by atoms with van der Waals surface area (Å²) in [5.41, 5.74) is 2.76. The summed E-state index contributed by atoms with van der Waals surface area (Å²) in [6.45, 7) is 4.02. The molecule has 0 spiro atoms. The van der Waals surface area contributed by atoms with Crippen LogP contribution in [0.4, 0.5) is 0 Å². The quantitative estimate of drug-likeness (QED) is 0.724. The predicted molar refractivity (Wildman–Crippen MR) is 53.7 cm³/mol. The summed E-state index contributed by atoms with van der Waals surface area (Å²) >= 11 is 0. The van der Waals surface area contributed by atoms with E-state index in [1.165, 1.54) is 0 Å². The second-order valence-electron chi connectivity index (χ2n) is 3.21. The van der Waals surface area contributed by atoms with E-state index in [4.69, 9.17) is 4.74 Å². The fraction of sp³-hybridized carbons (Fsp3) is 0.400. The second-order valence-corrected chi connectivity index (χ2v) is 3.21. The molecule has 0 aliphatic rings. The topological polar surface area (TPSA) is 39.4 Å². The SMILES string of the molecule is CCc1cn2cc(C)nc2c(OC)n1. The maximum absolute atomic E-state index is 5.19. The maximum atomic E-state index is 5.19. The van der Waals surface area contributed by atoms with Gasteiger partial charge in [0.2, 0.25) is 5.65 Å². The van der Waals surface area contributed by atoms with Crippen molar-refractivity contribution in [3.8, 4) is 5.88 Å². The van der Waals surface area contributed by atoms with E-state index in [-0.39, 0.29) is 0 Å². The Labute approximate surface area is 82.6 Å². The number of hydrogen-bond donors (Lipinski definition) is 0. The second kappa shape index (κ2) is 3.29. The van der Waals surface area contributed by atoms with Gasteiger partial charge >= 0.3 is 0 Å². The van der Waals surface area contributed by atoms with Crippen LogP contribution in [0.1, 0.15) is 18.3 Å². The molecular weight excluding hydrogens is 178 g/mol. The number of aromatic nitrogens is 3. The Morgan fingerprint density at radius 3 is 2.79 bits per heavy atom. The van der Waals surface area contributed by atoms with Crippen molar-refractivity contribution < 1.29 is 4.74 Å². The molecule has 0 saturated heterocycles. The standard InChI is InChI=1S/C10H13N3O/c1-4-8-6-13-5-7(2)11-9(13)10(12-8)14-3/h5-6H,4H2,1-3H3. The molecular formula is C10H13N3O. The Balaban J connectivity index is 2.72. The lowest BCUT2D eigenvalue weighted by Crippen LogP contribution is -1.98. The monoisotopic (exact) mass is 191 g/mol. The van der Waals surface area contributed by atoms with Gasteiger partial charge in [0.1, 0.15) is 0 Å². The molecule has 0 amide bonds. The van der Waals surface area contributed by atoms with Crippen molar-refractivity contribution in [1.29, 1.82) is 0 Å². The molecule has 0 bridgehead atoms. The van der Waals surface area contributed by atoms with Gasteiger partial charge < -0.3 is 9.14 Å². The Bertz CT molecular complexity index is 462. The largest absolute Gasteiger partial charge is 0.478 e. The lowest BCUT2D eigenvalue weighted by molar-refractivity contribution is 0.398. The summed E-state index contributed by atoms with van der Waals surface area (Å²) in [6.07, 6.45) is 4.85. The highest BCUT2D eigenvalue weighted by Crippen LogP contribution is 2.17. The normalized spacial score (nSPS) is 10.8. The average Bonchev–Trinajstić information content (AvgIpc) is 2.56. The first-order chi connectivity index (χ1) is 6.74. The minimum absolute atomic E-state index is 0.595. The van der Waals surface area contributed by atoms with E-state index in [1.54, 1.807) is 7.11 Å². The molecule has 74 valence electrons. The van der Waals surface area contributed by atoms with E-state index in [1.807, 2.05) is 23.7 Å². The van der Waals surface area contributed by atoms with Gasteiger partial charge in [-0.15, -0.1) is 0 Å². The molecule has 0 aromatic carbocycles. The van der Waals surface area contributed by atoms with Crippen LogP contribution < -0.4 is 4.74 Å². The first kappa shape index (κ1) is 8.99. The minimum atomic E-state index is 0.595. The lowest BCUT2D eigenvalue weighted by atomic mass is 10.3. The maximum Gasteiger partial charge on any atom is 0.258 e. The molecule has 0 fully saturated rings. The van der Waals surface area contributed by atoms with E-state index < -0.39 is 0 Å². The molecule has 2 rings (SSSR count). The van der Waals surface area contributed by atoms with Crippen molar-refractivity contribution in [3.63, 3.8) is 0 Å². The zero-order valence-electron chi connectivity index (χ0n) is 8.61. The van der Waals surface area contributed by atoms with Gasteiger partial charge in [0.05, 0.1) is 18.5 Å². The minimum Gasteiger partial charge on any atom is -0.478 e. The average molecular weight is 191 g/mol. The number of hydrogen-bond acceptors (Lipinski definition) is 3. The van der Waals surface area contributed by atoms with E-state index in [0.29, 0.717) is 5.88 Å². The third-order valence-electron chi connectivity index (χ3n) is 2.13. The van der Waals surface area contributed by atoms with Crippen molar-refractivity contribution >= 4 is 5.65 Å². The Kier molecular flexibility index (Phi) is 2.11. The fourth-order valence-corrected chi connectivity index (χ4v) is 1.45. The van der Waals surface area contributed by atoms with Gasteiger partial charge in [-0.1, -0.05) is 6.92 Å². The van der Waals surface area contributed by atoms with Gasteiger partial charge in [-0.25, -0.2) is 9.97 Å². The van der Waals surface area contributed by atoms with Gasteiger partial charge in [0, 0.05) is 12.4 Å². The number of methoxy groups -OCH3 is 1. The number of imidazole rings is 1. The zero-order valence-corrected chi connectivity index (χ0v) is 8.61. The third kappa shape index (κ3) is 1.32. The van der Waals surface area contributed by atoms with Crippen LogP contribution in [0.15, 0.2) is 12.4 Å². The van der Waals surface area contributed by atoms with Gasteiger partial charge in [0.15, 0.2) is 0 Å². The Morgan fingerprint density at radius 1 is 1.36 bits per heavy atom. The third-order valence-corrected chi connectivity index (χ3v) is 2.13. The Hall–Kier alpha value is -1.58. The fourth-order valence-electron chi connectivity index (χ4n) is 1.45. The summed E-state index contributed by atoms with van der Waals surface area (Å²) in [5, 5.41) is 0. The first-order valence-corrected chi connectivity index (χ1v) is 4.63. The van der Waals surface area contributed by atoms with Crippen LogP contribution in [-0.2, 0) is 6.42 Å². The summed E-state index contributed by atoms with van der Waals surface area (Å²) < 4.78 is 7.15. The van der Waals surface area contributed by atoms with Crippen molar-refractivity contribution in [1.82, 2.24) is 14.4 Å². The number of nitrogens with zero attached hydrogens (tertiary/aromatic N) is 3. The van der Waals surface area contributed by atoms with Gasteiger partial charge in [-0.05, 0) is 13.3 Å². The molecule has 0 atom stereocenters. The van der Waals surface area contributed by atoms with Gasteiger partial charge in [-0.2, -0.15) is 0 Å². The number of rotatable bonds is 2. The number of fused-ring (bicyclic) bond motifs is 1. The van der Waals surface area contributed by atoms with Crippen LogP contribution in [0, 0.1) is 6.92 Å². The summed E-state index contributed by atoms with van der Waals surface area (Å²) in [5.74, 6) is 0.595. The first-order valence-electron chi connectivity index (χ1n) is 4.63. The van der Waals surface area contributed by atoms with Crippen LogP contribution in [-0.4, -0.2) is 21.5 Å². The zero-order chi connectivity index (χ0) is 10.1. The molecule has 0 saturated carbocycles. The molecule has 0 N–H and O–H groups in total. The van der Waals surface area contributed by atoms with Crippen molar-refractivity contribution in [2.24, 2.45) is 0 Å². The molecule has 0 unspecified atom stereocenters. The van der Waals surface area contributed by atoms with Crippen molar-refractivity contribution in [3.05, 3.63) is 23.8 Å². The number of ether oxygens (including phenoxy) is 1. The van der Waals surface area contributed by atoms with Crippen LogP contribution in [0.2, 0.25) is 0 Å². The summed E-state index contributed by atoms with van der Waals surface area (Å²) in [6, 6.07) is 0. The molecule has 4 heteroatoms. The van der Waals surface area contributed by atoms with E-state index in [9.17, 15) is 0 Å². The van der Waals surface area contributed by atoms with E-state index in [0.717, 1.165) is 23.5 Å². The smallest absolute Gasteiger partial charge is 0.258 e. The molecule has 2 aromatic heterocycles. The molecule has 2 heterocycles. The highest BCUT2D eigenvalue weighted by molar-refractivity contribution is 5.50. The summed E-state index contributed by atoms with van der Waals surface area (Å²) in [4.78, 5) is 8.68. The van der Waals surface area contributed by atoms with Gasteiger partial charge in [0.25, 0.3) is 5.88 Å². The van der Waals surface area contributed by atoms with Crippen molar-refractivity contribution in [2.45, 2.75) is 20.3 Å². The predicted octanol–water partition coefficient (Wildman–Crippen LogP) is 1.61. The Morgan fingerprint density at radius 2 is 2.14 bits per heavy atom. The van der Waals surface area contributed by atoms with Crippen LogP contribution in [0.5, 0.6) is 5.88 Å². The molecule has 14 heavy (non-hydrogen) atoms. The number of aryl methyl sites for hydroxylation is 2. The van der Waals surface area contributed by atoms with Crippen LogP contribution >= 0.6 is 0 Å². The molecule has 0 radical (unpaired) electrons. The van der Waals surface area contributed by atoms with Crippen LogP contribution in [0.3, 0.4) is 0 Å². The van der Waals surface area contributed by atoms with Crippen molar-refractivity contribution in [2.75, 3.05) is 7.11 Å². The molecule has 0 aliphatic heterocycles. The lowest BCUT2D eigenvalue weighted by Gasteiger charge is -2.03. The van der Waals surface area contributed by atoms with E-state index >= 15 is 0 Å².